The van der Waals surface area contributed by atoms with Crippen LogP contribution in [0.2, 0.25) is 0 Å². The monoisotopic (exact) mass is 353 g/mol. The number of benzene rings is 1. The standard InChI is InChI=1S/C18H23N7O/c1-3-19-18(21-12-17-23-14(2)24-26-17)20-11-15-7-4-5-8-16(15)13-25-10-6-9-22-25/h4-10H,3,11-13H2,1-2H3,(H2,19,20,21). The Morgan fingerprint density at radius 2 is 2.04 bits per heavy atom. The summed E-state index contributed by atoms with van der Waals surface area (Å²) in [6, 6.07) is 10.2. The lowest BCUT2D eigenvalue weighted by Crippen LogP contribution is -2.36. The van der Waals surface area contributed by atoms with Crippen molar-refractivity contribution in [3.8, 4) is 0 Å². The van der Waals surface area contributed by atoms with Crippen molar-refractivity contribution in [2.75, 3.05) is 6.54 Å². The summed E-state index contributed by atoms with van der Waals surface area (Å²) in [6.07, 6.45) is 3.74. The van der Waals surface area contributed by atoms with Crippen molar-refractivity contribution in [2.45, 2.75) is 33.5 Å². The van der Waals surface area contributed by atoms with Crippen LogP contribution in [0, 0.1) is 6.92 Å². The molecular formula is C18H23N7O. The number of nitrogens with zero attached hydrogens (tertiary/aromatic N) is 5. The van der Waals surface area contributed by atoms with E-state index >= 15 is 0 Å². The van der Waals surface area contributed by atoms with Crippen LogP contribution in [0.3, 0.4) is 0 Å². The van der Waals surface area contributed by atoms with Gasteiger partial charge in [0.15, 0.2) is 11.8 Å². The lowest BCUT2D eigenvalue weighted by atomic mass is 10.1. The lowest BCUT2D eigenvalue weighted by Gasteiger charge is -2.11. The molecule has 0 aliphatic rings. The Morgan fingerprint density at radius 1 is 1.19 bits per heavy atom. The second kappa shape index (κ2) is 8.80. The highest BCUT2D eigenvalue weighted by Crippen LogP contribution is 2.11. The summed E-state index contributed by atoms with van der Waals surface area (Å²) in [4.78, 5) is 8.85. The van der Waals surface area contributed by atoms with Crippen LogP contribution in [-0.4, -0.2) is 32.4 Å². The number of aryl methyl sites for hydroxylation is 1. The third-order valence-corrected chi connectivity index (χ3v) is 3.74. The molecular weight excluding hydrogens is 330 g/mol. The van der Waals surface area contributed by atoms with Crippen molar-refractivity contribution in [2.24, 2.45) is 4.99 Å². The van der Waals surface area contributed by atoms with Gasteiger partial charge in [0.05, 0.1) is 19.6 Å². The minimum absolute atomic E-state index is 0.432. The Bertz CT molecular complexity index is 839. The smallest absolute Gasteiger partial charge is 0.246 e. The SMILES string of the molecule is CCNC(=NCc1ccccc1Cn1cccn1)NCc1nc(C)no1. The summed E-state index contributed by atoms with van der Waals surface area (Å²) < 4.78 is 7.02. The Kier molecular flexibility index (Phi) is 5.97. The van der Waals surface area contributed by atoms with Gasteiger partial charge < -0.3 is 15.2 Å². The van der Waals surface area contributed by atoms with Crippen LogP contribution < -0.4 is 10.6 Å². The van der Waals surface area contributed by atoms with E-state index in [-0.39, 0.29) is 0 Å². The van der Waals surface area contributed by atoms with Gasteiger partial charge in [0.25, 0.3) is 0 Å². The van der Waals surface area contributed by atoms with Crippen LogP contribution in [-0.2, 0) is 19.6 Å². The van der Waals surface area contributed by atoms with Crippen LogP contribution in [0.1, 0.15) is 29.8 Å². The van der Waals surface area contributed by atoms with E-state index in [1.54, 1.807) is 13.1 Å². The molecule has 0 radical (unpaired) electrons. The van der Waals surface area contributed by atoms with Crippen molar-refractivity contribution in [1.29, 1.82) is 0 Å². The number of rotatable bonds is 7. The Hall–Kier alpha value is -3.16. The highest BCUT2D eigenvalue weighted by molar-refractivity contribution is 5.79. The van der Waals surface area contributed by atoms with E-state index in [0.29, 0.717) is 30.8 Å². The Morgan fingerprint density at radius 3 is 2.73 bits per heavy atom. The van der Waals surface area contributed by atoms with Crippen LogP contribution in [0.4, 0.5) is 0 Å². The van der Waals surface area contributed by atoms with Gasteiger partial charge >= 0.3 is 0 Å². The molecule has 0 aliphatic heterocycles. The highest BCUT2D eigenvalue weighted by Gasteiger charge is 2.06. The van der Waals surface area contributed by atoms with Gasteiger partial charge in [-0.25, -0.2) is 4.99 Å². The summed E-state index contributed by atoms with van der Waals surface area (Å²) in [5.41, 5.74) is 2.36. The molecule has 0 fully saturated rings. The van der Waals surface area contributed by atoms with Gasteiger partial charge in [-0.3, -0.25) is 4.68 Å². The van der Waals surface area contributed by atoms with Gasteiger partial charge in [0, 0.05) is 18.9 Å². The fourth-order valence-corrected chi connectivity index (χ4v) is 2.51. The number of aliphatic imine (C=N–C) groups is 1. The lowest BCUT2D eigenvalue weighted by molar-refractivity contribution is 0.371. The van der Waals surface area contributed by atoms with E-state index in [1.165, 1.54) is 5.56 Å². The zero-order valence-corrected chi connectivity index (χ0v) is 15.0. The molecule has 3 aromatic rings. The zero-order chi connectivity index (χ0) is 18.2. The number of aromatic nitrogens is 4. The molecule has 0 saturated heterocycles. The normalized spacial score (nSPS) is 11.5. The first-order valence-corrected chi connectivity index (χ1v) is 8.60. The maximum atomic E-state index is 5.12. The van der Waals surface area contributed by atoms with E-state index in [2.05, 4.69) is 43.0 Å². The van der Waals surface area contributed by atoms with Gasteiger partial charge in [-0.05, 0) is 31.0 Å². The molecule has 3 rings (SSSR count). The second-order valence-corrected chi connectivity index (χ2v) is 5.76. The molecule has 1 aromatic carbocycles. The summed E-state index contributed by atoms with van der Waals surface area (Å²) in [5.74, 6) is 1.86. The first kappa shape index (κ1) is 17.7. The largest absolute Gasteiger partial charge is 0.357 e. The minimum atomic E-state index is 0.432. The molecule has 0 atom stereocenters. The summed E-state index contributed by atoms with van der Waals surface area (Å²) >= 11 is 0. The molecule has 2 N–H and O–H groups in total. The van der Waals surface area contributed by atoms with Gasteiger partial charge in [0.1, 0.15) is 0 Å². The van der Waals surface area contributed by atoms with Crippen molar-refractivity contribution in [3.05, 3.63) is 65.6 Å². The van der Waals surface area contributed by atoms with E-state index in [4.69, 9.17) is 4.52 Å². The third-order valence-electron chi connectivity index (χ3n) is 3.74. The van der Waals surface area contributed by atoms with Crippen molar-refractivity contribution in [3.63, 3.8) is 0 Å². The Labute approximate surface area is 152 Å². The average Bonchev–Trinajstić information content (AvgIpc) is 3.30. The minimum Gasteiger partial charge on any atom is -0.357 e. The fourth-order valence-electron chi connectivity index (χ4n) is 2.51. The van der Waals surface area contributed by atoms with Crippen LogP contribution in [0.5, 0.6) is 0 Å². The van der Waals surface area contributed by atoms with Crippen molar-refractivity contribution < 1.29 is 4.52 Å². The maximum absolute atomic E-state index is 5.12. The number of hydrogen-bond acceptors (Lipinski definition) is 5. The van der Waals surface area contributed by atoms with Gasteiger partial charge in [0.2, 0.25) is 5.89 Å². The van der Waals surface area contributed by atoms with E-state index in [9.17, 15) is 0 Å². The van der Waals surface area contributed by atoms with Crippen molar-refractivity contribution >= 4 is 5.96 Å². The van der Waals surface area contributed by atoms with Crippen molar-refractivity contribution in [1.82, 2.24) is 30.6 Å². The van der Waals surface area contributed by atoms with Gasteiger partial charge in [-0.2, -0.15) is 10.1 Å². The molecule has 26 heavy (non-hydrogen) atoms. The predicted octanol–water partition coefficient (Wildman–Crippen LogP) is 1.88. The third kappa shape index (κ3) is 4.92. The maximum Gasteiger partial charge on any atom is 0.246 e. The first-order valence-electron chi connectivity index (χ1n) is 8.60. The number of nitrogens with one attached hydrogen (secondary N) is 2. The molecule has 0 unspecified atom stereocenters. The number of guanidine groups is 1. The molecule has 0 aliphatic carbocycles. The van der Waals surface area contributed by atoms with Gasteiger partial charge in [-0.1, -0.05) is 29.4 Å². The van der Waals surface area contributed by atoms with Crippen LogP contribution in [0.15, 0.2) is 52.2 Å². The molecule has 0 amide bonds. The molecule has 136 valence electrons. The fraction of sp³-hybridized carbons (Fsp3) is 0.333. The van der Waals surface area contributed by atoms with E-state index in [0.717, 1.165) is 18.7 Å². The summed E-state index contributed by atoms with van der Waals surface area (Å²) in [7, 11) is 0. The quantitative estimate of drug-likeness (QED) is 0.498. The summed E-state index contributed by atoms with van der Waals surface area (Å²) in [6.45, 7) is 6.31. The second-order valence-electron chi connectivity index (χ2n) is 5.76. The molecule has 0 spiro atoms. The molecule has 8 nitrogen and oxygen atoms in total. The van der Waals surface area contributed by atoms with Gasteiger partial charge in [-0.15, -0.1) is 0 Å². The highest BCUT2D eigenvalue weighted by atomic mass is 16.5. The van der Waals surface area contributed by atoms with E-state index < -0.39 is 0 Å². The summed E-state index contributed by atoms with van der Waals surface area (Å²) in [5, 5.41) is 14.5. The molecule has 2 heterocycles. The Balaban J connectivity index is 1.67. The topological polar surface area (TPSA) is 93.2 Å². The molecule has 2 aromatic heterocycles. The zero-order valence-electron chi connectivity index (χ0n) is 15.0. The molecule has 8 heteroatoms. The molecule has 0 bridgehead atoms. The number of hydrogen-bond donors (Lipinski definition) is 2. The average molecular weight is 353 g/mol. The van der Waals surface area contributed by atoms with E-state index in [1.807, 2.05) is 36.0 Å². The van der Waals surface area contributed by atoms with Crippen LogP contribution in [0.25, 0.3) is 0 Å². The first-order chi connectivity index (χ1) is 12.7. The predicted molar refractivity (Wildman–Crippen MR) is 98.5 cm³/mol. The molecule has 0 saturated carbocycles. The van der Waals surface area contributed by atoms with Crippen LogP contribution >= 0.6 is 0 Å².